The van der Waals surface area contributed by atoms with Crippen LogP contribution in [0.1, 0.15) is 12.8 Å². The molecular weight excluding hydrogens is 256 g/mol. The highest BCUT2D eigenvalue weighted by Crippen LogP contribution is 2.17. The van der Waals surface area contributed by atoms with Crippen LogP contribution in [0.15, 0.2) is 16.4 Å². The van der Waals surface area contributed by atoms with Crippen LogP contribution in [0.4, 0.5) is 0 Å². The van der Waals surface area contributed by atoms with Gasteiger partial charge in [0.15, 0.2) is 0 Å². The lowest BCUT2D eigenvalue weighted by atomic mass is 9.97. The van der Waals surface area contributed by atoms with E-state index in [9.17, 15) is 14.4 Å². The van der Waals surface area contributed by atoms with Gasteiger partial charge in [-0.15, -0.1) is 0 Å². The fraction of sp³-hybridized carbons (Fsp3) is 0.545. The lowest BCUT2D eigenvalue weighted by molar-refractivity contribution is -0.145. The van der Waals surface area contributed by atoms with Gasteiger partial charge in [-0.25, -0.2) is 0 Å². The number of carbonyl (C=O) groups excluding carboxylic acids is 1. The molecule has 0 saturated carbocycles. The Morgan fingerprint density at radius 3 is 2.56 bits per heavy atom. The van der Waals surface area contributed by atoms with Crippen LogP contribution >= 0.6 is 11.3 Å². The molecule has 1 amide bonds. The Kier molecular flexibility index (Phi) is 3.81. The van der Waals surface area contributed by atoms with Crippen LogP contribution in [0.25, 0.3) is 0 Å². The first-order valence-corrected chi connectivity index (χ1v) is 6.60. The molecule has 1 aliphatic rings. The minimum absolute atomic E-state index is 0.0417. The number of carbonyl (C=O) groups is 2. The van der Waals surface area contributed by atoms with Crippen LogP contribution in [0.5, 0.6) is 0 Å². The first-order valence-electron chi connectivity index (χ1n) is 5.72. The molecule has 0 bridgehead atoms. The van der Waals surface area contributed by atoms with Crippen LogP contribution in [-0.4, -0.2) is 39.5 Å². The molecule has 0 radical (unpaired) electrons. The molecule has 1 fully saturated rings. The lowest BCUT2D eigenvalue weighted by Gasteiger charge is -2.30. The second-order valence-corrected chi connectivity index (χ2v) is 5.15. The van der Waals surface area contributed by atoms with Gasteiger partial charge in [-0.3, -0.25) is 19.0 Å². The fourth-order valence-electron chi connectivity index (χ4n) is 2.03. The SMILES string of the molecule is O=C(O)C1CCN(C(=O)Cn2ccsc2=O)CC1. The van der Waals surface area contributed by atoms with Crippen LogP contribution in [-0.2, 0) is 16.1 Å². The highest BCUT2D eigenvalue weighted by Gasteiger charge is 2.26. The predicted octanol–water partition coefficient (Wildman–Crippen LogP) is 0.233. The fourth-order valence-corrected chi connectivity index (χ4v) is 2.61. The largest absolute Gasteiger partial charge is 0.481 e. The van der Waals surface area contributed by atoms with Crippen LogP contribution < -0.4 is 4.87 Å². The third-order valence-electron chi connectivity index (χ3n) is 3.15. The maximum absolute atomic E-state index is 11.9. The average Bonchev–Trinajstić information content (AvgIpc) is 2.75. The van der Waals surface area contributed by atoms with Gasteiger partial charge in [-0.1, -0.05) is 11.3 Å². The number of aliphatic carboxylic acids is 1. The number of carboxylic acid groups (broad SMARTS) is 1. The molecule has 0 aliphatic carbocycles. The highest BCUT2D eigenvalue weighted by atomic mass is 32.1. The van der Waals surface area contributed by atoms with Crippen molar-refractivity contribution in [2.24, 2.45) is 5.92 Å². The summed E-state index contributed by atoms with van der Waals surface area (Å²) in [5, 5.41) is 10.5. The molecule has 7 heteroatoms. The lowest BCUT2D eigenvalue weighted by Crippen LogP contribution is -2.42. The number of thiazole rings is 1. The molecule has 0 atom stereocenters. The number of rotatable bonds is 3. The number of aromatic nitrogens is 1. The van der Waals surface area contributed by atoms with Crippen molar-refractivity contribution in [1.82, 2.24) is 9.47 Å². The zero-order chi connectivity index (χ0) is 13.1. The summed E-state index contributed by atoms with van der Waals surface area (Å²) in [7, 11) is 0. The second-order valence-electron chi connectivity index (χ2n) is 4.29. The number of carboxylic acids is 1. The van der Waals surface area contributed by atoms with Gasteiger partial charge in [-0.2, -0.15) is 0 Å². The molecule has 18 heavy (non-hydrogen) atoms. The van der Waals surface area contributed by atoms with Crippen LogP contribution in [0, 0.1) is 5.92 Å². The summed E-state index contributed by atoms with van der Waals surface area (Å²) in [6.07, 6.45) is 2.56. The summed E-state index contributed by atoms with van der Waals surface area (Å²) in [5.41, 5.74) is 0. The Bertz CT molecular complexity index is 499. The minimum Gasteiger partial charge on any atom is -0.481 e. The number of hydrogen-bond donors (Lipinski definition) is 1. The molecule has 0 unspecified atom stereocenters. The van der Waals surface area contributed by atoms with Gasteiger partial charge in [0, 0.05) is 24.7 Å². The van der Waals surface area contributed by atoms with Crippen LogP contribution in [0.3, 0.4) is 0 Å². The Morgan fingerprint density at radius 1 is 1.39 bits per heavy atom. The first kappa shape index (κ1) is 12.8. The minimum atomic E-state index is -0.795. The zero-order valence-electron chi connectivity index (χ0n) is 9.74. The van der Waals surface area contributed by atoms with E-state index in [1.54, 1.807) is 16.5 Å². The highest BCUT2D eigenvalue weighted by molar-refractivity contribution is 7.07. The molecule has 98 valence electrons. The van der Waals surface area contributed by atoms with Gasteiger partial charge in [0.2, 0.25) is 5.91 Å². The van der Waals surface area contributed by atoms with E-state index >= 15 is 0 Å². The normalized spacial score (nSPS) is 16.8. The molecule has 1 aromatic heterocycles. The van der Waals surface area contributed by atoms with Crippen molar-refractivity contribution in [3.8, 4) is 0 Å². The maximum Gasteiger partial charge on any atom is 0.307 e. The summed E-state index contributed by atoms with van der Waals surface area (Å²) in [6, 6.07) is 0. The van der Waals surface area contributed by atoms with Crippen molar-refractivity contribution in [3.63, 3.8) is 0 Å². The number of amides is 1. The monoisotopic (exact) mass is 270 g/mol. The number of likely N-dealkylation sites (tertiary alicyclic amines) is 1. The zero-order valence-corrected chi connectivity index (χ0v) is 10.6. The standard InChI is InChI=1S/C11H14N2O4S/c14-9(7-13-5-6-18-11(13)17)12-3-1-8(2-4-12)10(15)16/h5-6,8H,1-4,7H2,(H,15,16). The Hall–Kier alpha value is -1.63. The second kappa shape index (κ2) is 5.34. The van der Waals surface area contributed by atoms with Crippen molar-refractivity contribution < 1.29 is 14.7 Å². The molecule has 1 saturated heterocycles. The van der Waals surface area contributed by atoms with E-state index in [1.165, 1.54) is 4.57 Å². The quantitative estimate of drug-likeness (QED) is 0.853. The van der Waals surface area contributed by atoms with E-state index in [0.717, 1.165) is 11.3 Å². The third kappa shape index (κ3) is 2.79. The molecule has 1 aromatic rings. The van der Waals surface area contributed by atoms with Crippen molar-refractivity contribution >= 4 is 23.2 Å². The Balaban J connectivity index is 1.90. The summed E-state index contributed by atoms with van der Waals surface area (Å²) >= 11 is 1.06. The van der Waals surface area contributed by atoms with E-state index < -0.39 is 5.97 Å². The van der Waals surface area contributed by atoms with E-state index in [0.29, 0.717) is 25.9 Å². The van der Waals surface area contributed by atoms with Crippen LogP contribution in [0.2, 0.25) is 0 Å². The van der Waals surface area contributed by atoms with Gasteiger partial charge in [0.05, 0.1) is 5.92 Å². The van der Waals surface area contributed by atoms with E-state index in [2.05, 4.69) is 0 Å². The third-order valence-corrected chi connectivity index (χ3v) is 3.84. The van der Waals surface area contributed by atoms with Gasteiger partial charge in [0.1, 0.15) is 6.54 Å². The summed E-state index contributed by atoms with van der Waals surface area (Å²) in [4.78, 5) is 35.5. The molecule has 6 nitrogen and oxygen atoms in total. The van der Waals surface area contributed by atoms with Gasteiger partial charge >= 0.3 is 10.8 Å². The predicted molar refractivity (Wildman–Crippen MR) is 65.5 cm³/mol. The van der Waals surface area contributed by atoms with Crippen molar-refractivity contribution in [2.75, 3.05) is 13.1 Å². The van der Waals surface area contributed by atoms with Gasteiger partial charge in [-0.05, 0) is 12.8 Å². The average molecular weight is 270 g/mol. The van der Waals surface area contributed by atoms with E-state index in [1.807, 2.05) is 0 Å². The molecule has 1 aliphatic heterocycles. The molecule has 1 N–H and O–H groups in total. The molecule has 0 aromatic carbocycles. The van der Waals surface area contributed by atoms with Crippen molar-refractivity contribution in [2.45, 2.75) is 19.4 Å². The van der Waals surface area contributed by atoms with Crippen molar-refractivity contribution in [3.05, 3.63) is 21.2 Å². The van der Waals surface area contributed by atoms with Gasteiger partial charge < -0.3 is 10.0 Å². The van der Waals surface area contributed by atoms with Gasteiger partial charge in [0.25, 0.3) is 0 Å². The molecule has 2 heterocycles. The number of nitrogens with zero attached hydrogens (tertiary/aromatic N) is 2. The summed E-state index contributed by atoms with van der Waals surface area (Å²) < 4.78 is 1.37. The Labute approximate surface area is 107 Å². The molecule has 2 rings (SSSR count). The number of hydrogen-bond acceptors (Lipinski definition) is 4. The molecular formula is C11H14N2O4S. The smallest absolute Gasteiger partial charge is 0.307 e. The van der Waals surface area contributed by atoms with Crippen molar-refractivity contribution in [1.29, 1.82) is 0 Å². The summed E-state index contributed by atoms with van der Waals surface area (Å²) in [6.45, 7) is 0.948. The topological polar surface area (TPSA) is 79.6 Å². The number of piperidine rings is 1. The van der Waals surface area contributed by atoms with E-state index in [-0.39, 0.29) is 23.2 Å². The van der Waals surface area contributed by atoms with E-state index in [4.69, 9.17) is 5.11 Å². The first-order chi connectivity index (χ1) is 8.58. The summed E-state index contributed by atoms with van der Waals surface area (Å²) in [5.74, 6) is -1.27. The maximum atomic E-state index is 11.9. The Morgan fingerprint density at radius 2 is 2.06 bits per heavy atom. The molecule has 0 spiro atoms.